The molecule has 1 aliphatic carbocycles. The van der Waals surface area contributed by atoms with Crippen LogP contribution in [0.3, 0.4) is 0 Å². The first-order valence-electron chi connectivity index (χ1n) is 7.32. The number of aliphatic hydroxyl groups is 1. The molecule has 1 heterocycles. The Morgan fingerprint density at radius 3 is 2.17 bits per heavy atom. The molecule has 2 fully saturated rings. The SMILES string of the molecule is CC1(C)CNCCC1(O)C1(C#N)CCCCCC1. The van der Waals surface area contributed by atoms with Crippen molar-refractivity contribution in [2.45, 2.75) is 64.4 Å². The van der Waals surface area contributed by atoms with Crippen LogP contribution >= 0.6 is 0 Å². The molecule has 3 heteroatoms. The van der Waals surface area contributed by atoms with Gasteiger partial charge < -0.3 is 10.4 Å². The number of hydrogen-bond donors (Lipinski definition) is 2. The van der Waals surface area contributed by atoms with Crippen LogP contribution in [0.4, 0.5) is 0 Å². The highest BCUT2D eigenvalue weighted by molar-refractivity contribution is 5.18. The zero-order valence-electron chi connectivity index (χ0n) is 11.8. The summed E-state index contributed by atoms with van der Waals surface area (Å²) in [5, 5.41) is 24.5. The first-order chi connectivity index (χ1) is 8.47. The van der Waals surface area contributed by atoms with Crippen LogP contribution in [0, 0.1) is 22.2 Å². The lowest BCUT2D eigenvalue weighted by atomic mass is 9.55. The molecule has 0 aromatic heterocycles. The second-order valence-electron chi connectivity index (χ2n) is 6.78. The Labute approximate surface area is 111 Å². The Kier molecular flexibility index (Phi) is 3.71. The van der Waals surface area contributed by atoms with E-state index in [4.69, 9.17) is 0 Å². The highest BCUT2D eigenvalue weighted by Crippen LogP contribution is 2.53. The summed E-state index contributed by atoms with van der Waals surface area (Å²) in [6.45, 7) is 5.82. The lowest BCUT2D eigenvalue weighted by Gasteiger charge is -2.54. The van der Waals surface area contributed by atoms with E-state index in [1.54, 1.807) is 0 Å². The van der Waals surface area contributed by atoms with Crippen molar-refractivity contribution in [2.24, 2.45) is 10.8 Å². The van der Waals surface area contributed by atoms with E-state index < -0.39 is 11.0 Å². The van der Waals surface area contributed by atoms with Crippen molar-refractivity contribution in [3.05, 3.63) is 0 Å². The Morgan fingerprint density at radius 1 is 1.06 bits per heavy atom. The van der Waals surface area contributed by atoms with Gasteiger partial charge in [0.05, 0.1) is 17.1 Å². The van der Waals surface area contributed by atoms with Gasteiger partial charge in [0.2, 0.25) is 0 Å². The Morgan fingerprint density at radius 2 is 1.67 bits per heavy atom. The number of nitrogens with one attached hydrogen (secondary N) is 1. The maximum Gasteiger partial charge on any atom is 0.0907 e. The summed E-state index contributed by atoms with van der Waals surface area (Å²) in [5.41, 5.74) is -1.61. The first kappa shape index (κ1) is 13.8. The maximum absolute atomic E-state index is 11.3. The van der Waals surface area contributed by atoms with Crippen LogP contribution in [-0.4, -0.2) is 23.8 Å². The molecule has 102 valence electrons. The fourth-order valence-corrected chi connectivity index (χ4v) is 3.99. The summed E-state index contributed by atoms with van der Waals surface area (Å²) in [6, 6.07) is 2.55. The van der Waals surface area contributed by atoms with Gasteiger partial charge in [0.25, 0.3) is 0 Å². The van der Waals surface area contributed by atoms with E-state index in [1.807, 2.05) is 0 Å². The third-order valence-corrected chi connectivity index (χ3v) is 5.31. The summed E-state index contributed by atoms with van der Waals surface area (Å²) in [5.74, 6) is 0. The minimum atomic E-state index is -0.843. The molecule has 2 N–H and O–H groups in total. The molecule has 0 bridgehead atoms. The minimum Gasteiger partial charge on any atom is -0.388 e. The molecule has 2 aliphatic rings. The van der Waals surface area contributed by atoms with Crippen molar-refractivity contribution in [1.82, 2.24) is 5.32 Å². The molecule has 1 aliphatic heterocycles. The molecular formula is C15H26N2O. The highest BCUT2D eigenvalue weighted by Gasteiger charge is 2.59. The molecule has 3 nitrogen and oxygen atoms in total. The maximum atomic E-state index is 11.3. The second kappa shape index (κ2) is 4.83. The molecule has 0 radical (unpaired) electrons. The molecule has 2 rings (SSSR count). The second-order valence-corrected chi connectivity index (χ2v) is 6.78. The van der Waals surface area contributed by atoms with Gasteiger partial charge >= 0.3 is 0 Å². The van der Waals surface area contributed by atoms with Gasteiger partial charge in [-0.15, -0.1) is 0 Å². The standard InChI is InChI=1S/C15H26N2O/c1-13(2)12-17-10-9-15(13,18)14(11-16)7-5-3-4-6-8-14/h17-18H,3-10,12H2,1-2H3. The quantitative estimate of drug-likeness (QED) is 0.703. The van der Waals surface area contributed by atoms with Gasteiger partial charge in [0.15, 0.2) is 0 Å². The van der Waals surface area contributed by atoms with Crippen molar-refractivity contribution in [3.8, 4) is 6.07 Å². The molecule has 0 amide bonds. The average Bonchev–Trinajstić information content (AvgIpc) is 2.59. The summed E-state index contributed by atoms with van der Waals surface area (Å²) in [7, 11) is 0. The lowest BCUT2D eigenvalue weighted by molar-refractivity contribution is -0.161. The van der Waals surface area contributed by atoms with Gasteiger partial charge in [0.1, 0.15) is 0 Å². The van der Waals surface area contributed by atoms with Gasteiger partial charge in [-0.2, -0.15) is 5.26 Å². The van der Waals surface area contributed by atoms with Crippen molar-refractivity contribution in [3.63, 3.8) is 0 Å². The molecule has 0 spiro atoms. The van der Waals surface area contributed by atoms with E-state index in [9.17, 15) is 10.4 Å². The fraction of sp³-hybridized carbons (Fsp3) is 0.933. The lowest BCUT2D eigenvalue weighted by Crippen LogP contribution is -2.64. The van der Waals surface area contributed by atoms with Crippen molar-refractivity contribution < 1.29 is 5.11 Å². The largest absolute Gasteiger partial charge is 0.388 e. The minimum absolute atomic E-state index is 0.231. The third-order valence-electron chi connectivity index (χ3n) is 5.31. The van der Waals surface area contributed by atoms with E-state index in [1.165, 1.54) is 12.8 Å². The van der Waals surface area contributed by atoms with Crippen molar-refractivity contribution in [1.29, 1.82) is 5.26 Å². The van der Waals surface area contributed by atoms with Crippen molar-refractivity contribution >= 4 is 0 Å². The summed E-state index contributed by atoms with van der Waals surface area (Å²) in [6.07, 6.45) is 7.01. The Balaban J connectivity index is 2.37. The van der Waals surface area contributed by atoms with Gasteiger partial charge in [-0.05, 0) is 25.8 Å². The van der Waals surface area contributed by atoms with Crippen LogP contribution in [0.5, 0.6) is 0 Å². The topological polar surface area (TPSA) is 56.0 Å². The van der Waals surface area contributed by atoms with E-state index in [0.29, 0.717) is 6.42 Å². The van der Waals surface area contributed by atoms with E-state index in [0.717, 1.165) is 38.8 Å². The number of piperidine rings is 1. The van der Waals surface area contributed by atoms with E-state index in [2.05, 4.69) is 25.2 Å². The Bertz CT molecular complexity index is 337. The molecule has 1 atom stereocenters. The van der Waals surface area contributed by atoms with Crippen LogP contribution in [0.15, 0.2) is 0 Å². The smallest absolute Gasteiger partial charge is 0.0907 e. The van der Waals surface area contributed by atoms with Crippen LogP contribution in [-0.2, 0) is 0 Å². The van der Waals surface area contributed by atoms with Gasteiger partial charge in [-0.1, -0.05) is 39.5 Å². The zero-order valence-corrected chi connectivity index (χ0v) is 11.8. The van der Waals surface area contributed by atoms with Gasteiger partial charge in [0, 0.05) is 12.0 Å². The summed E-state index contributed by atoms with van der Waals surface area (Å²) in [4.78, 5) is 0. The van der Waals surface area contributed by atoms with E-state index >= 15 is 0 Å². The molecule has 1 unspecified atom stereocenters. The summed E-state index contributed by atoms with van der Waals surface area (Å²) >= 11 is 0. The van der Waals surface area contributed by atoms with Crippen LogP contribution < -0.4 is 5.32 Å². The van der Waals surface area contributed by atoms with Gasteiger partial charge in [-0.3, -0.25) is 0 Å². The molecule has 0 aromatic rings. The third kappa shape index (κ3) is 1.96. The number of hydrogen-bond acceptors (Lipinski definition) is 3. The normalized spacial score (nSPS) is 35.4. The van der Waals surface area contributed by atoms with Crippen LogP contribution in [0.1, 0.15) is 58.8 Å². The monoisotopic (exact) mass is 250 g/mol. The Hall–Kier alpha value is -0.590. The predicted molar refractivity (Wildman–Crippen MR) is 72.0 cm³/mol. The van der Waals surface area contributed by atoms with E-state index in [-0.39, 0.29) is 5.41 Å². The molecule has 0 aromatic carbocycles. The molecule has 1 saturated carbocycles. The molecular weight excluding hydrogens is 224 g/mol. The zero-order chi connectivity index (χ0) is 13.3. The number of nitriles is 1. The number of nitrogens with zero attached hydrogens (tertiary/aromatic N) is 1. The van der Waals surface area contributed by atoms with Crippen LogP contribution in [0.25, 0.3) is 0 Å². The van der Waals surface area contributed by atoms with Crippen LogP contribution in [0.2, 0.25) is 0 Å². The highest BCUT2D eigenvalue weighted by atomic mass is 16.3. The molecule has 1 saturated heterocycles. The predicted octanol–water partition coefficient (Wildman–Crippen LogP) is 2.60. The average molecular weight is 250 g/mol. The summed E-state index contributed by atoms with van der Waals surface area (Å²) < 4.78 is 0. The van der Waals surface area contributed by atoms with Crippen molar-refractivity contribution in [2.75, 3.05) is 13.1 Å². The first-order valence-corrected chi connectivity index (χ1v) is 7.32. The molecule has 18 heavy (non-hydrogen) atoms. The van der Waals surface area contributed by atoms with Gasteiger partial charge in [-0.25, -0.2) is 0 Å². The fourth-order valence-electron chi connectivity index (χ4n) is 3.99. The number of rotatable bonds is 1.